The highest BCUT2D eigenvalue weighted by atomic mass is 79.9. The van der Waals surface area contributed by atoms with Crippen LogP contribution in [-0.4, -0.2) is 28.0 Å². The molecule has 1 amide bonds. The number of rotatable bonds is 9. The van der Waals surface area contributed by atoms with E-state index in [0.717, 1.165) is 59.0 Å². The number of carbonyl (C=O) groups excluding carboxylic acids is 1. The van der Waals surface area contributed by atoms with Crippen molar-refractivity contribution in [3.05, 3.63) is 91.4 Å². The van der Waals surface area contributed by atoms with Gasteiger partial charge in [-0.2, -0.15) is 0 Å². The van der Waals surface area contributed by atoms with E-state index >= 15 is 0 Å². The van der Waals surface area contributed by atoms with Gasteiger partial charge in [-0.05, 0) is 73.2 Å². The molecule has 0 radical (unpaired) electrons. The van der Waals surface area contributed by atoms with E-state index in [1.54, 1.807) is 7.11 Å². The number of benzene rings is 3. The highest BCUT2D eigenvalue weighted by molar-refractivity contribution is 9.10. The number of hydrogen-bond donors (Lipinski definition) is 2. The van der Waals surface area contributed by atoms with E-state index in [0.29, 0.717) is 6.42 Å². The highest BCUT2D eigenvalue weighted by Gasteiger charge is 2.37. The Morgan fingerprint density at radius 2 is 1.69 bits per heavy atom. The van der Waals surface area contributed by atoms with Gasteiger partial charge in [-0.3, -0.25) is 4.79 Å². The van der Waals surface area contributed by atoms with Crippen LogP contribution in [0.15, 0.2) is 64.0 Å². The Labute approximate surface area is 248 Å². The molecular weight excluding hydrogens is 623 g/mol. The van der Waals surface area contributed by atoms with Crippen molar-refractivity contribution >= 4 is 55.1 Å². The van der Waals surface area contributed by atoms with Crippen LogP contribution in [0.3, 0.4) is 0 Å². The summed E-state index contributed by atoms with van der Waals surface area (Å²) in [6.45, 7) is 2.17. The number of carbonyl (C=O) groups is 1. The lowest BCUT2D eigenvalue weighted by Gasteiger charge is -2.39. The van der Waals surface area contributed by atoms with E-state index in [1.807, 2.05) is 49.4 Å². The minimum absolute atomic E-state index is 0.0536. The SMILES string of the molecule is COc1ccc(CCNS(=O)(=O)c2cc(C(=O)NC3(c4ccc(C)cc4Br)CCCCC3)c(Cl)cc2Cl)cc1. The van der Waals surface area contributed by atoms with Gasteiger partial charge >= 0.3 is 0 Å². The fourth-order valence-electron chi connectivity index (χ4n) is 5.02. The molecule has 0 atom stereocenters. The molecule has 0 saturated heterocycles. The second-order valence-electron chi connectivity index (χ2n) is 9.84. The molecule has 2 N–H and O–H groups in total. The average Bonchev–Trinajstić information content (AvgIpc) is 2.89. The Bertz CT molecular complexity index is 1460. The predicted molar refractivity (Wildman–Crippen MR) is 159 cm³/mol. The van der Waals surface area contributed by atoms with E-state index in [4.69, 9.17) is 27.9 Å². The number of sulfonamides is 1. The Hall–Kier alpha value is -2.10. The summed E-state index contributed by atoms with van der Waals surface area (Å²) in [7, 11) is -2.42. The van der Waals surface area contributed by atoms with Crippen LogP contribution in [-0.2, 0) is 22.0 Å². The average molecular weight is 654 g/mol. The Balaban J connectivity index is 1.57. The molecule has 0 aliphatic heterocycles. The molecule has 0 heterocycles. The van der Waals surface area contributed by atoms with Gasteiger partial charge in [0.15, 0.2) is 0 Å². The first-order valence-corrected chi connectivity index (χ1v) is 15.8. The van der Waals surface area contributed by atoms with Crippen molar-refractivity contribution < 1.29 is 17.9 Å². The monoisotopic (exact) mass is 652 g/mol. The lowest BCUT2D eigenvalue weighted by molar-refractivity contribution is 0.0865. The smallest absolute Gasteiger partial charge is 0.253 e. The van der Waals surface area contributed by atoms with Crippen LogP contribution in [0.5, 0.6) is 5.75 Å². The molecule has 1 saturated carbocycles. The molecule has 4 rings (SSSR count). The van der Waals surface area contributed by atoms with Crippen LogP contribution in [0, 0.1) is 6.92 Å². The van der Waals surface area contributed by atoms with Crippen molar-refractivity contribution in [1.29, 1.82) is 0 Å². The van der Waals surface area contributed by atoms with Crippen LogP contribution >= 0.6 is 39.1 Å². The molecule has 10 heteroatoms. The van der Waals surface area contributed by atoms with E-state index < -0.39 is 21.5 Å². The number of methoxy groups -OCH3 is 1. The predicted octanol–water partition coefficient (Wildman–Crippen LogP) is 7.18. The first kappa shape index (κ1) is 29.9. The van der Waals surface area contributed by atoms with Gasteiger partial charge in [0.25, 0.3) is 5.91 Å². The van der Waals surface area contributed by atoms with Gasteiger partial charge < -0.3 is 10.1 Å². The van der Waals surface area contributed by atoms with E-state index in [-0.39, 0.29) is 27.0 Å². The van der Waals surface area contributed by atoms with Crippen LogP contribution < -0.4 is 14.8 Å². The van der Waals surface area contributed by atoms with Crippen molar-refractivity contribution in [2.75, 3.05) is 13.7 Å². The van der Waals surface area contributed by atoms with E-state index in [1.165, 1.54) is 12.1 Å². The minimum atomic E-state index is -4.01. The number of hydrogen-bond acceptors (Lipinski definition) is 4. The molecule has 0 spiro atoms. The summed E-state index contributed by atoms with van der Waals surface area (Å²) < 4.78 is 35.0. The maximum Gasteiger partial charge on any atom is 0.253 e. The van der Waals surface area contributed by atoms with Gasteiger partial charge in [0.05, 0.1) is 28.3 Å². The van der Waals surface area contributed by atoms with Crippen LogP contribution in [0.4, 0.5) is 0 Å². The number of nitrogens with one attached hydrogen (secondary N) is 2. The molecule has 3 aromatic carbocycles. The molecule has 0 bridgehead atoms. The zero-order valence-corrected chi connectivity index (χ0v) is 25.7. The number of amides is 1. The molecule has 6 nitrogen and oxygen atoms in total. The zero-order valence-electron chi connectivity index (χ0n) is 21.8. The molecule has 1 aliphatic carbocycles. The molecule has 3 aromatic rings. The van der Waals surface area contributed by atoms with Gasteiger partial charge in [0, 0.05) is 11.0 Å². The summed E-state index contributed by atoms with van der Waals surface area (Å²) in [5.74, 6) is 0.281. The molecule has 1 aliphatic rings. The summed E-state index contributed by atoms with van der Waals surface area (Å²) in [6.07, 6.45) is 5.02. The molecule has 0 unspecified atom stereocenters. The van der Waals surface area contributed by atoms with Gasteiger partial charge in [-0.25, -0.2) is 13.1 Å². The maximum absolute atomic E-state index is 13.7. The first-order chi connectivity index (χ1) is 18.5. The molecule has 39 heavy (non-hydrogen) atoms. The third-order valence-electron chi connectivity index (χ3n) is 7.12. The van der Waals surface area contributed by atoms with Gasteiger partial charge in [0.1, 0.15) is 10.6 Å². The number of ether oxygens (including phenoxy) is 1. The van der Waals surface area contributed by atoms with Gasteiger partial charge in [-0.15, -0.1) is 0 Å². The Morgan fingerprint density at radius 1 is 1.00 bits per heavy atom. The normalized spacial score (nSPS) is 15.1. The summed E-state index contributed by atoms with van der Waals surface area (Å²) in [5.41, 5.74) is 2.52. The second-order valence-corrected chi connectivity index (χ2v) is 13.2. The topological polar surface area (TPSA) is 84.5 Å². The Morgan fingerprint density at radius 3 is 2.33 bits per heavy atom. The quantitative estimate of drug-likeness (QED) is 0.256. The Kier molecular flexibility index (Phi) is 9.65. The second kappa shape index (κ2) is 12.6. The standard InChI is InChI=1S/C29H31BrCl2N2O4S/c1-19-6-11-23(24(30)16-19)29(13-4-3-5-14-29)34-28(35)22-17-27(26(32)18-25(22)31)39(36,37)33-15-12-20-7-9-21(38-2)10-8-20/h6-11,16-18,33H,3-5,12-15H2,1-2H3,(H,34,35). The third kappa shape index (κ3) is 6.98. The summed E-state index contributed by atoms with van der Waals surface area (Å²) >= 11 is 16.4. The highest BCUT2D eigenvalue weighted by Crippen LogP contribution is 2.41. The van der Waals surface area contributed by atoms with Crippen molar-refractivity contribution in [3.63, 3.8) is 0 Å². The number of aryl methyl sites for hydroxylation is 1. The fourth-order valence-corrected chi connectivity index (χ4v) is 7.78. The maximum atomic E-state index is 13.7. The first-order valence-electron chi connectivity index (χ1n) is 12.8. The van der Waals surface area contributed by atoms with Crippen LogP contribution in [0.25, 0.3) is 0 Å². The fraction of sp³-hybridized carbons (Fsp3) is 0.345. The molecular formula is C29H31BrCl2N2O4S. The van der Waals surface area contributed by atoms with Gasteiger partial charge in [-0.1, -0.05) is 82.7 Å². The largest absolute Gasteiger partial charge is 0.497 e. The molecule has 208 valence electrons. The lowest BCUT2D eigenvalue weighted by atomic mass is 9.76. The molecule has 0 aromatic heterocycles. The summed E-state index contributed by atoms with van der Waals surface area (Å²) in [4.78, 5) is 13.5. The van der Waals surface area contributed by atoms with E-state index in [9.17, 15) is 13.2 Å². The van der Waals surface area contributed by atoms with Crippen molar-refractivity contribution in [1.82, 2.24) is 10.0 Å². The number of halogens is 3. The third-order valence-corrected chi connectivity index (χ3v) is 10.0. The minimum Gasteiger partial charge on any atom is -0.497 e. The molecule has 1 fully saturated rings. The van der Waals surface area contributed by atoms with E-state index in [2.05, 4.69) is 26.0 Å². The van der Waals surface area contributed by atoms with Crippen molar-refractivity contribution in [2.24, 2.45) is 0 Å². The zero-order chi connectivity index (χ0) is 28.2. The summed E-state index contributed by atoms with van der Waals surface area (Å²) in [5, 5.41) is 3.25. The summed E-state index contributed by atoms with van der Waals surface area (Å²) in [6, 6.07) is 16.1. The van der Waals surface area contributed by atoms with Crippen LogP contribution in [0.2, 0.25) is 10.0 Å². The van der Waals surface area contributed by atoms with Crippen molar-refractivity contribution in [2.45, 2.75) is 55.9 Å². The van der Waals surface area contributed by atoms with Gasteiger partial charge in [0.2, 0.25) is 10.0 Å². The van der Waals surface area contributed by atoms with Crippen LogP contribution in [0.1, 0.15) is 59.2 Å². The lowest BCUT2D eigenvalue weighted by Crippen LogP contribution is -2.47. The van der Waals surface area contributed by atoms with Crippen molar-refractivity contribution in [3.8, 4) is 5.75 Å².